The Morgan fingerprint density at radius 1 is 1.43 bits per heavy atom. The van der Waals surface area contributed by atoms with Gasteiger partial charge in [0.2, 0.25) is 5.91 Å². The van der Waals surface area contributed by atoms with Gasteiger partial charge in [-0.1, -0.05) is 0 Å². The topological polar surface area (TPSA) is 53.4 Å². The van der Waals surface area contributed by atoms with E-state index < -0.39 is 0 Å². The van der Waals surface area contributed by atoms with Gasteiger partial charge in [-0.25, -0.2) is 0 Å². The molecule has 1 aromatic heterocycles. The van der Waals surface area contributed by atoms with Crippen LogP contribution in [-0.2, 0) is 18.4 Å². The maximum atomic E-state index is 12.2. The number of nitrogens with one attached hydrogen (secondary N) is 1. The predicted molar refractivity (Wildman–Crippen MR) is 88.7 cm³/mol. The van der Waals surface area contributed by atoms with E-state index in [1.165, 1.54) is 0 Å². The standard InChI is InChI=1S/C13H22BrN5O.ClH/c1-10-13(14)11(18(3)16-10)8-17(2)9-12(20)19-6-4-15-5-7-19;/h15H,4-9H2,1-3H3;1H. The first-order valence-corrected chi connectivity index (χ1v) is 7.63. The summed E-state index contributed by atoms with van der Waals surface area (Å²) in [5.74, 6) is 0.198. The fraction of sp³-hybridized carbons (Fsp3) is 0.692. The van der Waals surface area contributed by atoms with Crippen LogP contribution < -0.4 is 5.32 Å². The van der Waals surface area contributed by atoms with Gasteiger partial charge < -0.3 is 10.2 Å². The Bertz CT molecular complexity index is 487. The molecule has 6 nitrogen and oxygen atoms in total. The summed E-state index contributed by atoms with van der Waals surface area (Å²) in [5.41, 5.74) is 2.07. The molecule has 2 rings (SSSR count). The largest absolute Gasteiger partial charge is 0.339 e. The predicted octanol–water partition coefficient (Wildman–Crippen LogP) is 0.776. The third-order valence-corrected chi connectivity index (χ3v) is 4.59. The number of likely N-dealkylation sites (N-methyl/N-ethyl adjacent to an activating group) is 1. The number of carbonyl (C=O) groups is 1. The lowest BCUT2D eigenvalue weighted by molar-refractivity contribution is -0.132. The van der Waals surface area contributed by atoms with Crippen LogP contribution in [-0.4, -0.2) is 65.3 Å². The minimum Gasteiger partial charge on any atom is -0.339 e. The lowest BCUT2D eigenvalue weighted by Crippen LogP contribution is -2.49. The highest BCUT2D eigenvalue weighted by molar-refractivity contribution is 9.10. The quantitative estimate of drug-likeness (QED) is 0.838. The number of hydrogen-bond acceptors (Lipinski definition) is 4. The molecule has 21 heavy (non-hydrogen) atoms. The number of piperazine rings is 1. The average Bonchev–Trinajstić information content (AvgIpc) is 2.66. The molecule has 0 aliphatic carbocycles. The first-order valence-electron chi connectivity index (χ1n) is 6.84. The van der Waals surface area contributed by atoms with Crippen molar-refractivity contribution in [2.75, 3.05) is 39.8 Å². The summed E-state index contributed by atoms with van der Waals surface area (Å²) >= 11 is 3.56. The molecule has 0 radical (unpaired) electrons. The van der Waals surface area contributed by atoms with Crippen LogP contribution in [0.25, 0.3) is 0 Å². The van der Waals surface area contributed by atoms with E-state index in [0.29, 0.717) is 13.1 Å². The Morgan fingerprint density at radius 3 is 2.57 bits per heavy atom. The Labute approximate surface area is 140 Å². The normalized spacial score (nSPS) is 15.2. The first-order chi connectivity index (χ1) is 9.49. The van der Waals surface area contributed by atoms with E-state index in [0.717, 1.165) is 42.0 Å². The zero-order valence-electron chi connectivity index (χ0n) is 12.7. The fourth-order valence-electron chi connectivity index (χ4n) is 2.41. The van der Waals surface area contributed by atoms with Gasteiger partial charge in [-0.15, -0.1) is 12.4 Å². The highest BCUT2D eigenvalue weighted by Crippen LogP contribution is 2.21. The number of aryl methyl sites for hydroxylation is 2. The number of rotatable bonds is 4. The summed E-state index contributed by atoms with van der Waals surface area (Å²) in [7, 11) is 3.90. The number of carbonyl (C=O) groups excluding carboxylic acids is 1. The van der Waals surface area contributed by atoms with E-state index in [4.69, 9.17) is 0 Å². The van der Waals surface area contributed by atoms with Crippen LogP contribution in [0.5, 0.6) is 0 Å². The van der Waals surface area contributed by atoms with Gasteiger partial charge >= 0.3 is 0 Å². The van der Waals surface area contributed by atoms with Crippen molar-refractivity contribution in [1.82, 2.24) is 24.9 Å². The van der Waals surface area contributed by atoms with Crippen LogP contribution in [0.1, 0.15) is 11.4 Å². The van der Waals surface area contributed by atoms with Gasteiger partial charge in [0, 0.05) is 39.8 Å². The lowest BCUT2D eigenvalue weighted by atomic mass is 10.3. The summed E-state index contributed by atoms with van der Waals surface area (Å²) in [4.78, 5) is 16.2. The zero-order chi connectivity index (χ0) is 14.7. The summed E-state index contributed by atoms with van der Waals surface area (Å²) < 4.78 is 2.90. The Hall–Kier alpha value is -0.630. The Morgan fingerprint density at radius 2 is 2.05 bits per heavy atom. The monoisotopic (exact) mass is 379 g/mol. The van der Waals surface area contributed by atoms with E-state index in [1.807, 2.05) is 35.5 Å². The molecule has 0 spiro atoms. The molecule has 0 atom stereocenters. The van der Waals surface area contributed by atoms with Crippen LogP contribution in [0.2, 0.25) is 0 Å². The Balaban J connectivity index is 0.00000220. The molecular weight excluding hydrogens is 358 g/mol. The van der Waals surface area contributed by atoms with Crippen molar-refractivity contribution in [3.63, 3.8) is 0 Å². The van der Waals surface area contributed by atoms with Gasteiger partial charge in [-0.2, -0.15) is 5.10 Å². The van der Waals surface area contributed by atoms with Crippen molar-refractivity contribution in [1.29, 1.82) is 0 Å². The Kier molecular flexibility index (Phi) is 7.12. The molecule has 120 valence electrons. The molecule has 1 aliphatic rings. The smallest absolute Gasteiger partial charge is 0.236 e. The maximum absolute atomic E-state index is 12.2. The van der Waals surface area contributed by atoms with E-state index in [-0.39, 0.29) is 18.3 Å². The first kappa shape index (κ1) is 18.4. The maximum Gasteiger partial charge on any atom is 0.236 e. The number of nitrogens with zero attached hydrogens (tertiary/aromatic N) is 4. The van der Waals surface area contributed by atoms with Crippen molar-refractivity contribution in [2.45, 2.75) is 13.5 Å². The van der Waals surface area contributed by atoms with Crippen molar-refractivity contribution >= 4 is 34.2 Å². The van der Waals surface area contributed by atoms with Crippen LogP contribution in [0.4, 0.5) is 0 Å². The molecule has 8 heteroatoms. The van der Waals surface area contributed by atoms with E-state index in [2.05, 4.69) is 26.3 Å². The number of aromatic nitrogens is 2. The SMILES string of the molecule is Cc1nn(C)c(CN(C)CC(=O)N2CCNCC2)c1Br.Cl. The second-order valence-corrected chi connectivity index (χ2v) is 6.07. The van der Waals surface area contributed by atoms with Crippen LogP contribution >= 0.6 is 28.3 Å². The third kappa shape index (κ3) is 4.67. The molecule has 0 saturated carbocycles. The highest BCUT2D eigenvalue weighted by atomic mass is 79.9. The fourth-order valence-corrected chi connectivity index (χ4v) is 2.87. The second kappa shape index (κ2) is 8.12. The molecule has 0 unspecified atom stereocenters. The van der Waals surface area contributed by atoms with Gasteiger partial charge in [0.1, 0.15) is 0 Å². The molecule has 1 fully saturated rings. The van der Waals surface area contributed by atoms with E-state index >= 15 is 0 Å². The minimum atomic E-state index is 0. The number of amides is 1. The molecule has 1 N–H and O–H groups in total. The molecule has 1 amide bonds. The summed E-state index contributed by atoms with van der Waals surface area (Å²) in [6, 6.07) is 0. The van der Waals surface area contributed by atoms with Crippen molar-refractivity contribution < 1.29 is 4.79 Å². The molecule has 0 aromatic carbocycles. The molecule has 2 heterocycles. The average molecular weight is 381 g/mol. The van der Waals surface area contributed by atoms with Crippen molar-refractivity contribution in [3.8, 4) is 0 Å². The van der Waals surface area contributed by atoms with Gasteiger partial charge in [-0.05, 0) is 29.9 Å². The zero-order valence-corrected chi connectivity index (χ0v) is 15.1. The van der Waals surface area contributed by atoms with Crippen molar-refractivity contribution in [3.05, 3.63) is 15.9 Å². The molecule has 1 aliphatic heterocycles. The summed E-state index contributed by atoms with van der Waals surface area (Å²) in [5, 5.41) is 7.63. The molecule has 1 saturated heterocycles. The van der Waals surface area contributed by atoms with Gasteiger partial charge in [0.05, 0.1) is 22.4 Å². The van der Waals surface area contributed by atoms with Gasteiger partial charge in [-0.3, -0.25) is 14.4 Å². The molecule has 1 aromatic rings. The van der Waals surface area contributed by atoms with Crippen LogP contribution in [0.15, 0.2) is 4.47 Å². The second-order valence-electron chi connectivity index (χ2n) is 5.27. The molecular formula is C13H23BrClN5O. The number of halogens is 2. The summed E-state index contributed by atoms with van der Waals surface area (Å²) in [6.07, 6.45) is 0. The lowest BCUT2D eigenvalue weighted by Gasteiger charge is -2.29. The minimum absolute atomic E-state index is 0. The molecule has 0 bridgehead atoms. The van der Waals surface area contributed by atoms with Gasteiger partial charge in [0.15, 0.2) is 0 Å². The number of hydrogen-bond donors (Lipinski definition) is 1. The van der Waals surface area contributed by atoms with Crippen LogP contribution in [0, 0.1) is 6.92 Å². The van der Waals surface area contributed by atoms with Crippen LogP contribution in [0.3, 0.4) is 0 Å². The summed E-state index contributed by atoms with van der Waals surface area (Å²) in [6.45, 7) is 6.51. The highest BCUT2D eigenvalue weighted by Gasteiger charge is 2.19. The van der Waals surface area contributed by atoms with Crippen molar-refractivity contribution in [2.24, 2.45) is 7.05 Å². The van der Waals surface area contributed by atoms with E-state index in [1.54, 1.807) is 0 Å². The van der Waals surface area contributed by atoms with E-state index in [9.17, 15) is 4.79 Å². The third-order valence-electron chi connectivity index (χ3n) is 3.56. The van der Waals surface area contributed by atoms with Gasteiger partial charge in [0.25, 0.3) is 0 Å².